The van der Waals surface area contributed by atoms with E-state index in [-0.39, 0.29) is 23.7 Å². The van der Waals surface area contributed by atoms with Gasteiger partial charge in [-0.1, -0.05) is 35.5 Å². The Morgan fingerprint density at radius 1 is 1.53 bits per heavy atom. The molecule has 2 unspecified atom stereocenters. The van der Waals surface area contributed by atoms with Crippen LogP contribution in [-0.4, -0.2) is 17.0 Å². The number of benzene rings is 1. The molecule has 19 heavy (non-hydrogen) atoms. The number of nitrogens with zero attached hydrogens (tertiary/aromatic N) is 1. The predicted octanol–water partition coefficient (Wildman–Crippen LogP) is 1.53. The molecular formula is C14H17N3O2. The van der Waals surface area contributed by atoms with Crippen LogP contribution in [0.1, 0.15) is 30.0 Å². The number of nitrogens with one attached hydrogen (secondary N) is 1. The Kier molecular flexibility index (Phi) is 3.85. The van der Waals surface area contributed by atoms with Gasteiger partial charge in [-0.25, -0.2) is 0 Å². The van der Waals surface area contributed by atoms with Crippen molar-refractivity contribution in [2.24, 2.45) is 16.8 Å². The fraction of sp³-hybridized carbons (Fsp3) is 0.286. The van der Waals surface area contributed by atoms with E-state index in [1.165, 1.54) is 0 Å². The number of oxime groups is 1. The summed E-state index contributed by atoms with van der Waals surface area (Å²) in [6, 6.07) is 7.34. The molecular weight excluding hydrogens is 242 g/mol. The van der Waals surface area contributed by atoms with Gasteiger partial charge in [0.15, 0.2) is 5.84 Å². The van der Waals surface area contributed by atoms with Crippen molar-refractivity contribution >= 4 is 11.7 Å². The van der Waals surface area contributed by atoms with E-state index in [2.05, 4.69) is 17.1 Å². The van der Waals surface area contributed by atoms with Crippen LogP contribution in [0.25, 0.3) is 0 Å². The van der Waals surface area contributed by atoms with Crippen molar-refractivity contribution < 1.29 is 10.0 Å². The van der Waals surface area contributed by atoms with Crippen molar-refractivity contribution in [3.63, 3.8) is 0 Å². The summed E-state index contributed by atoms with van der Waals surface area (Å²) in [7, 11) is 0. The molecule has 1 aliphatic heterocycles. The number of amidine groups is 1. The van der Waals surface area contributed by atoms with E-state index >= 15 is 0 Å². The summed E-state index contributed by atoms with van der Waals surface area (Å²) in [6.45, 7) is 3.67. The zero-order chi connectivity index (χ0) is 13.8. The third-order valence-electron chi connectivity index (χ3n) is 3.38. The fourth-order valence-corrected chi connectivity index (χ4v) is 2.31. The summed E-state index contributed by atoms with van der Waals surface area (Å²) in [5, 5.41) is 14.5. The van der Waals surface area contributed by atoms with Gasteiger partial charge in [0.05, 0.1) is 6.04 Å². The second kappa shape index (κ2) is 5.56. The number of rotatable bonds is 4. The lowest BCUT2D eigenvalue weighted by Crippen LogP contribution is -2.21. The molecule has 1 saturated heterocycles. The van der Waals surface area contributed by atoms with Crippen molar-refractivity contribution in [2.75, 3.05) is 0 Å². The van der Waals surface area contributed by atoms with Crippen LogP contribution in [0.5, 0.6) is 0 Å². The lowest BCUT2D eigenvalue weighted by Gasteiger charge is -2.10. The molecule has 0 aromatic heterocycles. The highest BCUT2D eigenvalue weighted by molar-refractivity contribution is 5.97. The minimum Gasteiger partial charge on any atom is -0.409 e. The first-order valence-electron chi connectivity index (χ1n) is 6.15. The summed E-state index contributed by atoms with van der Waals surface area (Å²) in [5.74, 6) is 0.156. The number of carbonyl (C=O) groups is 1. The average Bonchev–Trinajstić information content (AvgIpc) is 2.80. The van der Waals surface area contributed by atoms with Crippen molar-refractivity contribution in [3.8, 4) is 0 Å². The van der Waals surface area contributed by atoms with E-state index in [0.717, 1.165) is 12.0 Å². The molecule has 1 aromatic rings. The molecule has 1 heterocycles. The van der Waals surface area contributed by atoms with Crippen molar-refractivity contribution in [2.45, 2.75) is 18.9 Å². The Morgan fingerprint density at radius 3 is 2.79 bits per heavy atom. The van der Waals surface area contributed by atoms with E-state index in [1.807, 2.05) is 12.1 Å². The number of amides is 1. The summed E-state index contributed by atoms with van der Waals surface area (Å²) in [6.07, 6.45) is 3.24. The number of carbonyl (C=O) groups excluding carboxylic acids is 1. The second-order valence-corrected chi connectivity index (χ2v) is 4.63. The van der Waals surface area contributed by atoms with Crippen LogP contribution in [0.2, 0.25) is 0 Å². The molecule has 1 amide bonds. The summed E-state index contributed by atoms with van der Waals surface area (Å²) >= 11 is 0. The lowest BCUT2D eigenvalue weighted by atomic mass is 9.97. The first-order valence-corrected chi connectivity index (χ1v) is 6.15. The summed E-state index contributed by atoms with van der Waals surface area (Å²) in [5.41, 5.74) is 7.17. The Balaban J connectivity index is 2.11. The minimum atomic E-state index is 0.00579. The first kappa shape index (κ1) is 13.1. The van der Waals surface area contributed by atoms with Crippen LogP contribution in [-0.2, 0) is 4.79 Å². The lowest BCUT2D eigenvalue weighted by molar-refractivity contribution is -0.122. The zero-order valence-electron chi connectivity index (χ0n) is 10.5. The first-order chi connectivity index (χ1) is 9.15. The Labute approximate surface area is 111 Å². The second-order valence-electron chi connectivity index (χ2n) is 4.63. The molecule has 4 N–H and O–H groups in total. The third kappa shape index (κ3) is 2.76. The molecule has 100 valence electrons. The fourth-order valence-electron chi connectivity index (χ4n) is 2.31. The van der Waals surface area contributed by atoms with Crippen LogP contribution in [0.4, 0.5) is 0 Å². The van der Waals surface area contributed by atoms with Crippen molar-refractivity contribution in [1.29, 1.82) is 0 Å². The van der Waals surface area contributed by atoms with Gasteiger partial charge in [-0.3, -0.25) is 4.79 Å². The van der Waals surface area contributed by atoms with Gasteiger partial charge >= 0.3 is 0 Å². The summed E-state index contributed by atoms with van der Waals surface area (Å²) in [4.78, 5) is 11.7. The number of allylic oxidation sites excluding steroid dienone is 1. The normalized spacial score (nSPS) is 23.2. The van der Waals surface area contributed by atoms with E-state index in [4.69, 9.17) is 10.9 Å². The van der Waals surface area contributed by atoms with Crippen LogP contribution >= 0.6 is 0 Å². The summed E-state index contributed by atoms with van der Waals surface area (Å²) < 4.78 is 0. The molecule has 1 fully saturated rings. The molecule has 0 saturated carbocycles. The third-order valence-corrected chi connectivity index (χ3v) is 3.38. The van der Waals surface area contributed by atoms with Crippen LogP contribution in [0.15, 0.2) is 42.1 Å². The van der Waals surface area contributed by atoms with Gasteiger partial charge in [-0.05, 0) is 18.4 Å². The van der Waals surface area contributed by atoms with Crippen LogP contribution in [0, 0.1) is 5.92 Å². The molecule has 0 radical (unpaired) electrons. The smallest absolute Gasteiger partial charge is 0.223 e. The van der Waals surface area contributed by atoms with E-state index in [0.29, 0.717) is 12.0 Å². The molecule has 0 aliphatic carbocycles. The molecule has 0 bridgehead atoms. The highest BCUT2D eigenvalue weighted by Crippen LogP contribution is 2.30. The van der Waals surface area contributed by atoms with Crippen molar-refractivity contribution in [1.82, 2.24) is 5.32 Å². The maximum Gasteiger partial charge on any atom is 0.223 e. The number of hydrogen-bond acceptors (Lipinski definition) is 3. The van der Waals surface area contributed by atoms with Gasteiger partial charge in [-0.15, -0.1) is 6.58 Å². The predicted molar refractivity (Wildman–Crippen MR) is 72.8 cm³/mol. The monoisotopic (exact) mass is 259 g/mol. The molecule has 5 heteroatoms. The molecule has 1 aliphatic rings. The average molecular weight is 259 g/mol. The topological polar surface area (TPSA) is 87.7 Å². The maximum absolute atomic E-state index is 11.7. The highest BCUT2D eigenvalue weighted by atomic mass is 16.4. The van der Waals surface area contributed by atoms with Gasteiger partial charge in [0.2, 0.25) is 5.91 Å². The van der Waals surface area contributed by atoms with Gasteiger partial charge in [0.1, 0.15) is 0 Å². The molecule has 5 nitrogen and oxygen atoms in total. The highest BCUT2D eigenvalue weighted by Gasteiger charge is 2.31. The molecule has 1 aromatic carbocycles. The van der Waals surface area contributed by atoms with Crippen LogP contribution < -0.4 is 11.1 Å². The van der Waals surface area contributed by atoms with Gasteiger partial charge in [0, 0.05) is 11.5 Å². The Bertz CT molecular complexity index is 508. The van der Waals surface area contributed by atoms with Gasteiger partial charge in [-0.2, -0.15) is 0 Å². The largest absolute Gasteiger partial charge is 0.409 e. The molecule has 0 spiro atoms. The minimum absolute atomic E-state index is 0.00579. The SMILES string of the molecule is C=CCC1CC(c2ccc(/C(N)=N\O)cc2)NC1=O. The number of nitrogens with two attached hydrogens (primary N) is 1. The molecule has 2 rings (SSSR count). The Morgan fingerprint density at radius 2 is 2.21 bits per heavy atom. The Hall–Kier alpha value is -2.30. The van der Waals surface area contributed by atoms with E-state index in [9.17, 15) is 4.79 Å². The van der Waals surface area contributed by atoms with Crippen molar-refractivity contribution in [3.05, 3.63) is 48.0 Å². The molecule has 2 atom stereocenters. The quantitative estimate of drug-likeness (QED) is 0.252. The van der Waals surface area contributed by atoms with Gasteiger partial charge in [0.25, 0.3) is 0 Å². The maximum atomic E-state index is 11.7. The van der Waals surface area contributed by atoms with E-state index < -0.39 is 0 Å². The van der Waals surface area contributed by atoms with E-state index in [1.54, 1.807) is 18.2 Å². The van der Waals surface area contributed by atoms with Crippen LogP contribution in [0.3, 0.4) is 0 Å². The standard InChI is InChI=1S/C14H17N3O2/c1-2-3-11-8-12(16-14(11)18)9-4-6-10(7-5-9)13(15)17-19/h2,4-7,11-12,19H,1,3,8H2,(H2,15,17)(H,16,18). The van der Waals surface area contributed by atoms with Gasteiger partial charge < -0.3 is 16.3 Å². The zero-order valence-corrected chi connectivity index (χ0v) is 10.5. The number of hydrogen-bond donors (Lipinski definition) is 3.